The van der Waals surface area contributed by atoms with Crippen LogP contribution in [0, 0.1) is 11.8 Å². The minimum atomic E-state index is -1.83. The Bertz CT molecular complexity index is 1150. The summed E-state index contributed by atoms with van der Waals surface area (Å²) in [4.78, 5) is 34.4. The van der Waals surface area contributed by atoms with Crippen molar-refractivity contribution in [3.63, 3.8) is 0 Å². The van der Waals surface area contributed by atoms with Crippen LogP contribution in [-0.4, -0.2) is 52.2 Å². The number of hydrazone groups is 1. The van der Waals surface area contributed by atoms with Gasteiger partial charge in [0.2, 0.25) is 11.8 Å². The summed E-state index contributed by atoms with van der Waals surface area (Å²) in [7, 11) is 0. The number of hydrogen-bond acceptors (Lipinski definition) is 5. The Morgan fingerprint density at radius 3 is 2.20 bits per heavy atom. The molecule has 3 aliphatic rings. The molecule has 0 saturated heterocycles. The van der Waals surface area contributed by atoms with E-state index < -0.39 is 6.16 Å². The summed E-state index contributed by atoms with van der Waals surface area (Å²) < 4.78 is 5.56. The van der Waals surface area contributed by atoms with Gasteiger partial charge in [-0.3, -0.25) is 9.59 Å². The molecule has 214 valence electrons. The summed E-state index contributed by atoms with van der Waals surface area (Å²) in [5, 5.41) is 23.2. The number of ether oxygens (including phenoxy) is 1. The lowest BCUT2D eigenvalue weighted by Crippen LogP contribution is -2.37. The van der Waals surface area contributed by atoms with Crippen LogP contribution >= 0.6 is 0 Å². The lowest BCUT2D eigenvalue weighted by atomic mass is 9.83. The van der Waals surface area contributed by atoms with E-state index in [4.69, 9.17) is 19.7 Å². The van der Waals surface area contributed by atoms with Gasteiger partial charge < -0.3 is 20.3 Å². The largest absolute Gasteiger partial charge is 0.503 e. The van der Waals surface area contributed by atoms with Crippen molar-refractivity contribution in [2.45, 2.75) is 70.3 Å². The SMILES string of the molecule is O=C(NCC1CCCCC1)C(c1ccc(CN2N=C(c3ccccc3)OCC2=O)cc1)C1CCCC1.O=C(O)O. The van der Waals surface area contributed by atoms with Gasteiger partial charge in [0.05, 0.1) is 12.5 Å². The average Bonchev–Trinajstić information content (AvgIpc) is 3.49. The van der Waals surface area contributed by atoms with Crippen LogP contribution in [0.2, 0.25) is 0 Å². The minimum absolute atomic E-state index is 0.0171. The van der Waals surface area contributed by atoms with E-state index >= 15 is 0 Å². The number of hydrogen-bond donors (Lipinski definition) is 3. The Labute approximate surface area is 235 Å². The Balaban J connectivity index is 0.000000867. The van der Waals surface area contributed by atoms with Crippen LogP contribution in [0.4, 0.5) is 4.79 Å². The summed E-state index contributed by atoms with van der Waals surface area (Å²) in [5.41, 5.74) is 2.91. The molecule has 5 rings (SSSR count). The first kappa shape index (κ1) is 29.1. The lowest BCUT2D eigenvalue weighted by Gasteiger charge is -2.27. The third-order valence-corrected chi connectivity index (χ3v) is 7.97. The van der Waals surface area contributed by atoms with Crippen LogP contribution in [-0.2, 0) is 20.9 Å². The molecule has 2 aromatic rings. The topological polar surface area (TPSA) is 129 Å². The second kappa shape index (κ2) is 14.5. The molecule has 2 saturated carbocycles. The molecule has 3 N–H and O–H groups in total. The highest BCUT2D eigenvalue weighted by molar-refractivity contribution is 5.97. The van der Waals surface area contributed by atoms with Gasteiger partial charge in [-0.05, 0) is 60.8 Å². The van der Waals surface area contributed by atoms with Crippen LogP contribution in [0.25, 0.3) is 0 Å². The fourth-order valence-corrected chi connectivity index (χ4v) is 5.92. The van der Waals surface area contributed by atoms with Crippen molar-refractivity contribution >= 4 is 23.9 Å². The van der Waals surface area contributed by atoms with Crippen molar-refractivity contribution in [2.75, 3.05) is 13.2 Å². The van der Waals surface area contributed by atoms with E-state index in [0.29, 0.717) is 24.3 Å². The van der Waals surface area contributed by atoms with Gasteiger partial charge in [-0.1, -0.05) is 74.6 Å². The smallest absolute Gasteiger partial charge is 0.466 e. The Morgan fingerprint density at radius 2 is 1.55 bits per heavy atom. The predicted molar refractivity (Wildman–Crippen MR) is 151 cm³/mol. The highest BCUT2D eigenvalue weighted by atomic mass is 16.6. The van der Waals surface area contributed by atoms with E-state index in [-0.39, 0.29) is 24.3 Å². The van der Waals surface area contributed by atoms with Crippen LogP contribution in [0.3, 0.4) is 0 Å². The van der Waals surface area contributed by atoms with Gasteiger partial charge in [-0.15, -0.1) is 5.10 Å². The van der Waals surface area contributed by atoms with E-state index in [0.717, 1.165) is 36.1 Å². The van der Waals surface area contributed by atoms with E-state index in [2.05, 4.69) is 22.6 Å². The standard InChI is InChI=1S/C30H37N3O3.CH2O3/c34-27-21-36-30(26-13-5-2-6-14-26)32-33(27)20-23-15-17-25(18-16-23)28(24-11-7-8-12-24)29(35)31-19-22-9-3-1-4-10-22;2-1(3)4/h2,5-6,13-18,22,24,28H,1,3-4,7-12,19-21H2,(H,31,35);(H2,2,3,4). The number of carboxylic acid groups (broad SMARTS) is 2. The first-order valence-corrected chi connectivity index (χ1v) is 14.3. The molecular formula is C31H39N3O6. The number of rotatable bonds is 8. The molecular weight excluding hydrogens is 510 g/mol. The lowest BCUT2D eigenvalue weighted by molar-refractivity contribution is -0.136. The van der Waals surface area contributed by atoms with Crippen molar-refractivity contribution < 1.29 is 29.3 Å². The van der Waals surface area contributed by atoms with Crippen LogP contribution in [0.5, 0.6) is 0 Å². The van der Waals surface area contributed by atoms with Crippen LogP contribution in [0.1, 0.15) is 80.4 Å². The quantitative estimate of drug-likeness (QED) is 0.393. The molecule has 1 atom stereocenters. The number of nitrogens with zero attached hydrogens (tertiary/aromatic N) is 2. The molecule has 1 heterocycles. The predicted octanol–water partition coefficient (Wildman–Crippen LogP) is 5.60. The maximum absolute atomic E-state index is 13.4. The molecule has 9 nitrogen and oxygen atoms in total. The van der Waals surface area contributed by atoms with Crippen molar-refractivity contribution in [1.82, 2.24) is 10.3 Å². The molecule has 0 radical (unpaired) electrons. The van der Waals surface area contributed by atoms with Gasteiger partial charge in [0, 0.05) is 12.1 Å². The molecule has 40 heavy (non-hydrogen) atoms. The van der Waals surface area contributed by atoms with Crippen LogP contribution in [0.15, 0.2) is 59.7 Å². The first-order chi connectivity index (χ1) is 19.4. The van der Waals surface area contributed by atoms with Gasteiger partial charge in [0.15, 0.2) is 6.61 Å². The fourth-order valence-electron chi connectivity index (χ4n) is 5.92. The monoisotopic (exact) mass is 549 g/mol. The van der Waals surface area contributed by atoms with Crippen LogP contribution < -0.4 is 5.32 Å². The van der Waals surface area contributed by atoms with Crippen molar-refractivity contribution in [2.24, 2.45) is 16.9 Å². The zero-order valence-electron chi connectivity index (χ0n) is 22.8. The molecule has 2 aliphatic carbocycles. The zero-order valence-corrected chi connectivity index (χ0v) is 22.8. The average molecular weight is 550 g/mol. The second-order valence-electron chi connectivity index (χ2n) is 10.8. The summed E-state index contributed by atoms with van der Waals surface area (Å²) in [6.45, 7) is 1.17. The van der Waals surface area contributed by atoms with E-state index in [1.807, 2.05) is 42.5 Å². The van der Waals surface area contributed by atoms with E-state index in [1.165, 1.54) is 50.0 Å². The van der Waals surface area contributed by atoms with E-state index in [1.54, 1.807) is 0 Å². The van der Waals surface area contributed by atoms with Gasteiger partial charge in [0.1, 0.15) is 0 Å². The molecule has 0 aromatic heterocycles. The van der Waals surface area contributed by atoms with Crippen molar-refractivity contribution in [3.8, 4) is 0 Å². The third-order valence-electron chi connectivity index (χ3n) is 7.97. The van der Waals surface area contributed by atoms with Crippen molar-refractivity contribution in [1.29, 1.82) is 0 Å². The second-order valence-corrected chi connectivity index (χ2v) is 10.8. The Hall–Kier alpha value is -3.88. The van der Waals surface area contributed by atoms with Gasteiger partial charge in [-0.2, -0.15) is 0 Å². The summed E-state index contributed by atoms with van der Waals surface area (Å²) in [5.74, 6) is 1.41. The molecule has 0 spiro atoms. The Kier molecular flexibility index (Phi) is 10.5. The number of amides is 2. The molecule has 1 aliphatic heterocycles. The molecule has 2 fully saturated rings. The third kappa shape index (κ3) is 8.31. The molecule has 2 amide bonds. The van der Waals surface area contributed by atoms with Gasteiger partial charge >= 0.3 is 6.16 Å². The first-order valence-electron chi connectivity index (χ1n) is 14.3. The molecule has 2 aromatic carbocycles. The highest BCUT2D eigenvalue weighted by Crippen LogP contribution is 2.38. The normalized spacial score (nSPS) is 18.6. The number of carbonyl (C=O) groups is 3. The maximum Gasteiger partial charge on any atom is 0.503 e. The number of benzene rings is 2. The molecule has 1 unspecified atom stereocenters. The van der Waals surface area contributed by atoms with Gasteiger partial charge in [-0.25, -0.2) is 9.80 Å². The minimum Gasteiger partial charge on any atom is -0.466 e. The fraction of sp³-hybridized carbons (Fsp3) is 0.484. The summed E-state index contributed by atoms with van der Waals surface area (Å²) in [6, 6.07) is 17.8. The zero-order chi connectivity index (χ0) is 28.3. The molecule has 0 bridgehead atoms. The highest BCUT2D eigenvalue weighted by Gasteiger charge is 2.32. The number of nitrogens with one attached hydrogen (secondary N) is 1. The summed E-state index contributed by atoms with van der Waals surface area (Å²) in [6.07, 6.45) is 9.18. The van der Waals surface area contributed by atoms with Gasteiger partial charge in [0.25, 0.3) is 5.91 Å². The van der Waals surface area contributed by atoms with E-state index in [9.17, 15) is 9.59 Å². The maximum atomic E-state index is 13.4. The molecule has 9 heteroatoms. The summed E-state index contributed by atoms with van der Waals surface area (Å²) >= 11 is 0. The van der Waals surface area contributed by atoms with Crippen molar-refractivity contribution in [3.05, 3.63) is 71.3 Å². The Morgan fingerprint density at radius 1 is 0.925 bits per heavy atom. The number of carbonyl (C=O) groups excluding carboxylic acids is 2.